The van der Waals surface area contributed by atoms with Crippen molar-refractivity contribution in [3.05, 3.63) is 95.8 Å². The fraction of sp³-hybridized carbons (Fsp3) is 0.367. The number of amides is 2. The van der Waals surface area contributed by atoms with Crippen LogP contribution in [0.3, 0.4) is 0 Å². The maximum absolute atomic E-state index is 14.0. The molecular formula is C30H33NO6. The van der Waals surface area contributed by atoms with E-state index in [9.17, 15) is 14.4 Å². The number of ketones is 1. The van der Waals surface area contributed by atoms with Crippen molar-refractivity contribution in [2.24, 2.45) is 5.92 Å². The van der Waals surface area contributed by atoms with Crippen LogP contribution in [0.2, 0.25) is 0 Å². The Morgan fingerprint density at radius 3 is 2.38 bits per heavy atom. The Morgan fingerprint density at radius 2 is 1.68 bits per heavy atom. The van der Waals surface area contributed by atoms with Gasteiger partial charge in [-0.15, -0.1) is 0 Å². The number of hydrogen-bond acceptors (Lipinski definition) is 6. The van der Waals surface area contributed by atoms with E-state index in [4.69, 9.17) is 14.6 Å². The predicted octanol–water partition coefficient (Wildman–Crippen LogP) is 4.91. The van der Waals surface area contributed by atoms with Crippen molar-refractivity contribution in [3.63, 3.8) is 0 Å². The van der Waals surface area contributed by atoms with Gasteiger partial charge in [0.1, 0.15) is 11.9 Å². The lowest BCUT2D eigenvalue weighted by atomic mass is 9.88. The van der Waals surface area contributed by atoms with E-state index in [2.05, 4.69) is 0 Å². The molecule has 2 aromatic carbocycles. The van der Waals surface area contributed by atoms with Crippen molar-refractivity contribution in [1.29, 1.82) is 0 Å². The summed E-state index contributed by atoms with van der Waals surface area (Å²) in [7, 11) is 0. The molecule has 4 rings (SSSR count). The molecule has 2 aliphatic heterocycles. The van der Waals surface area contributed by atoms with Crippen LogP contribution in [-0.2, 0) is 25.5 Å². The molecule has 2 aliphatic rings. The minimum atomic E-state index is -1.06. The third-order valence-electron chi connectivity index (χ3n) is 6.78. The maximum atomic E-state index is 14.0. The van der Waals surface area contributed by atoms with Crippen LogP contribution in [0.15, 0.2) is 84.7 Å². The van der Waals surface area contributed by atoms with E-state index in [0.29, 0.717) is 5.76 Å². The lowest BCUT2D eigenvalue weighted by molar-refractivity contribution is -0.143. The molecule has 37 heavy (non-hydrogen) atoms. The fourth-order valence-electron chi connectivity index (χ4n) is 4.79. The van der Waals surface area contributed by atoms with Crippen LogP contribution >= 0.6 is 0 Å². The minimum absolute atomic E-state index is 0.162. The maximum Gasteiger partial charge on any atom is 0.417 e. The third kappa shape index (κ3) is 6.35. The predicted molar refractivity (Wildman–Crippen MR) is 138 cm³/mol. The van der Waals surface area contributed by atoms with Crippen LogP contribution in [0.4, 0.5) is 4.79 Å². The lowest BCUT2D eigenvalue weighted by Gasteiger charge is -2.31. The van der Waals surface area contributed by atoms with E-state index in [0.717, 1.165) is 41.7 Å². The highest BCUT2D eigenvalue weighted by molar-refractivity contribution is 6.02. The number of carbonyl (C=O) groups is 3. The van der Waals surface area contributed by atoms with Crippen LogP contribution < -0.4 is 0 Å². The molecule has 1 saturated heterocycles. The van der Waals surface area contributed by atoms with Gasteiger partial charge in [0.2, 0.25) is 5.91 Å². The smallest absolute Gasteiger partial charge is 0.417 e. The van der Waals surface area contributed by atoms with Gasteiger partial charge in [-0.3, -0.25) is 9.59 Å². The van der Waals surface area contributed by atoms with Gasteiger partial charge in [-0.2, -0.15) is 0 Å². The first kappa shape index (κ1) is 26.4. The summed E-state index contributed by atoms with van der Waals surface area (Å²) >= 11 is 0. The molecule has 0 aliphatic carbocycles. The molecule has 2 amide bonds. The zero-order valence-corrected chi connectivity index (χ0v) is 21.0. The molecule has 0 saturated carbocycles. The first-order valence-corrected chi connectivity index (χ1v) is 12.8. The highest BCUT2D eigenvalue weighted by Gasteiger charge is 2.48. The van der Waals surface area contributed by atoms with Crippen LogP contribution in [0.25, 0.3) is 0 Å². The quantitative estimate of drug-likeness (QED) is 0.463. The molecule has 4 atom stereocenters. The first-order chi connectivity index (χ1) is 18.0. The molecule has 1 fully saturated rings. The van der Waals surface area contributed by atoms with E-state index in [1.165, 1.54) is 6.08 Å². The van der Waals surface area contributed by atoms with Crippen molar-refractivity contribution in [3.8, 4) is 0 Å². The highest BCUT2D eigenvalue weighted by Crippen LogP contribution is 2.35. The number of aliphatic hydroxyl groups excluding tert-OH is 1. The molecule has 7 nitrogen and oxygen atoms in total. The van der Waals surface area contributed by atoms with Crippen LogP contribution in [-0.4, -0.2) is 46.5 Å². The van der Waals surface area contributed by atoms with Gasteiger partial charge in [-0.25, -0.2) is 9.69 Å². The van der Waals surface area contributed by atoms with Crippen LogP contribution in [0.1, 0.15) is 49.8 Å². The number of allylic oxidation sites excluding steroid dienone is 2. The SMILES string of the molecule is CC1C(c2ccccc2)OC(=O)N1C(=O)C(Cc1ccccc1)C1OC(=CCCCCCO)C=CC1=O. The molecule has 7 heteroatoms. The summed E-state index contributed by atoms with van der Waals surface area (Å²) in [6, 6.07) is 18.2. The Kier molecular flexibility index (Phi) is 8.90. The van der Waals surface area contributed by atoms with E-state index < -0.39 is 36.2 Å². The molecule has 1 N–H and O–H groups in total. The van der Waals surface area contributed by atoms with E-state index >= 15 is 0 Å². The van der Waals surface area contributed by atoms with E-state index in [-0.39, 0.29) is 18.8 Å². The number of ether oxygens (including phenoxy) is 2. The molecule has 0 aromatic heterocycles. The van der Waals surface area contributed by atoms with Crippen molar-refractivity contribution in [2.75, 3.05) is 6.61 Å². The lowest BCUT2D eigenvalue weighted by Crippen LogP contribution is -2.48. The second-order valence-corrected chi connectivity index (χ2v) is 9.41. The normalized spacial score (nSPS) is 23.1. The monoisotopic (exact) mass is 503 g/mol. The van der Waals surface area contributed by atoms with E-state index in [1.807, 2.05) is 66.7 Å². The Balaban J connectivity index is 1.58. The van der Waals surface area contributed by atoms with Gasteiger partial charge in [-0.1, -0.05) is 67.1 Å². The first-order valence-electron chi connectivity index (χ1n) is 12.8. The van der Waals surface area contributed by atoms with Gasteiger partial charge >= 0.3 is 6.09 Å². The summed E-state index contributed by atoms with van der Waals surface area (Å²) in [5.74, 6) is -1.19. The molecule has 4 unspecified atom stereocenters. The summed E-state index contributed by atoms with van der Waals surface area (Å²) in [5, 5.41) is 8.96. The van der Waals surface area contributed by atoms with Crippen molar-refractivity contribution < 1.29 is 29.0 Å². The molecule has 0 spiro atoms. The zero-order valence-electron chi connectivity index (χ0n) is 21.0. The summed E-state index contributed by atoms with van der Waals surface area (Å²) in [4.78, 5) is 41.0. The van der Waals surface area contributed by atoms with E-state index in [1.54, 1.807) is 13.0 Å². The zero-order chi connectivity index (χ0) is 26.2. The standard InChI is InChI=1S/C30H33NO6/c1-21-27(23-14-8-5-9-15-23)37-30(35)31(21)29(34)25(20-22-12-6-4-7-13-22)28-26(33)18-17-24(36-28)16-10-2-3-11-19-32/h4-9,12-18,21,25,27-28,32H,2-3,10-11,19-20H2,1H3. The second-order valence-electron chi connectivity index (χ2n) is 9.41. The Morgan fingerprint density at radius 1 is 0.973 bits per heavy atom. The highest BCUT2D eigenvalue weighted by atomic mass is 16.6. The number of hydrogen-bond donors (Lipinski definition) is 1. The van der Waals surface area contributed by atoms with Gasteiger partial charge in [0, 0.05) is 6.61 Å². The second kappa shape index (κ2) is 12.5. The van der Waals surface area contributed by atoms with Crippen molar-refractivity contribution in [1.82, 2.24) is 4.90 Å². The number of imide groups is 1. The van der Waals surface area contributed by atoms with Gasteiger partial charge < -0.3 is 14.6 Å². The van der Waals surface area contributed by atoms with Gasteiger partial charge in [0.05, 0.1) is 12.0 Å². The molecule has 2 heterocycles. The average Bonchev–Trinajstić information content (AvgIpc) is 3.22. The number of nitrogens with zero attached hydrogens (tertiary/aromatic N) is 1. The minimum Gasteiger partial charge on any atom is -0.482 e. The summed E-state index contributed by atoms with van der Waals surface area (Å²) in [6.45, 7) is 1.94. The average molecular weight is 504 g/mol. The number of cyclic esters (lactones) is 1. The molecule has 0 bridgehead atoms. The van der Waals surface area contributed by atoms with Crippen molar-refractivity contribution in [2.45, 2.75) is 57.3 Å². The van der Waals surface area contributed by atoms with Gasteiger partial charge in [0.15, 0.2) is 11.9 Å². The number of unbranched alkanes of at least 4 members (excludes halogenated alkanes) is 3. The fourth-order valence-corrected chi connectivity index (χ4v) is 4.79. The molecule has 2 aromatic rings. The Hall–Kier alpha value is -3.71. The van der Waals surface area contributed by atoms with Crippen molar-refractivity contribution >= 4 is 17.8 Å². The Bertz CT molecular complexity index is 1140. The van der Waals surface area contributed by atoms with Gasteiger partial charge in [0.25, 0.3) is 0 Å². The number of rotatable bonds is 10. The summed E-state index contributed by atoms with van der Waals surface area (Å²) in [6.07, 6.45) is 6.06. The summed E-state index contributed by atoms with van der Waals surface area (Å²) < 4.78 is 11.7. The summed E-state index contributed by atoms with van der Waals surface area (Å²) in [5.41, 5.74) is 1.67. The Labute approximate surface area is 217 Å². The van der Waals surface area contributed by atoms with Crippen LogP contribution in [0.5, 0.6) is 0 Å². The topological polar surface area (TPSA) is 93.1 Å². The molecular weight excluding hydrogens is 470 g/mol. The number of aliphatic hydroxyl groups is 1. The number of benzene rings is 2. The third-order valence-corrected chi connectivity index (χ3v) is 6.78. The molecule has 0 radical (unpaired) electrons. The van der Waals surface area contributed by atoms with Crippen LogP contribution in [0, 0.1) is 5.92 Å². The van der Waals surface area contributed by atoms with Gasteiger partial charge in [-0.05, 0) is 62.0 Å². The molecule has 194 valence electrons. The number of carbonyl (C=O) groups excluding carboxylic acids is 3. The largest absolute Gasteiger partial charge is 0.482 e.